The van der Waals surface area contributed by atoms with Gasteiger partial charge >= 0.3 is 0 Å². The number of oxazole rings is 1. The Morgan fingerprint density at radius 3 is 2.85 bits per heavy atom. The van der Waals surface area contributed by atoms with E-state index in [0.717, 1.165) is 48.0 Å². The fraction of sp³-hybridized carbons (Fsp3) is 0.350. The number of nitrogens with one attached hydrogen (secondary N) is 1. The van der Waals surface area contributed by atoms with Crippen LogP contribution in [-0.2, 0) is 11.2 Å². The maximum atomic E-state index is 6.14. The van der Waals surface area contributed by atoms with Crippen molar-refractivity contribution in [2.24, 2.45) is 0 Å². The topological polar surface area (TPSA) is 103 Å². The van der Waals surface area contributed by atoms with Crippen LogP contribution < -0.4 is 5.73 Å². The van der Waals surface area contributed by atoms with Gasteiger partial charge in [-0.05, 0) is 31.0 Å². The average Bonchev–Trinajstić information content (AvgIpc) is 3.34. The summed E-state index contributed by atoms with van der Waals surface area (Å²) in [6.07, 6.45) is 5.54. The van der Waals surface area contributed by atoms with Gasteiger partial charge in [-0.1, -0.05) is 19.4 Å². The SMILES string of the molecule is CCCCOCCCc1nc2c(N)nc3cc(-c4ccn[nH]4)ccc3c2o1. The second-order valence-electron chi connectivity index (χ2n) is 6.55. The second-order valence-corrected chi connectivity index (χ2v) is 6.55. The highest BCUT2D eigenvalue weighted by Crippen LogP contribution is 2.31. The van der Waals surface area contributed by atoms with Crippen molar-refractivity contribution < 1.29 is 9.15 Å². The van der Waals surface area contributed by atoms with Crippen molar-refractivity contribution in [3.05, 3.63) is 36.4 Å². The van der Waals surface area contributed by atoms with Gasteiger partial charge in [0.2, 0.25) is 0 Å². The molecule has 3 heterocycles. The molecular weight excluding hydrogens is 342 g/mol. The second kappa shape index (κ2) is 7.75. The Labute approximate surface area is 156 Å². The summed E-state index contributed by atoms with van der Waals surface area (Å²) in [5, 5.41) is 7.85. The molecule has 1 aromatic carbocycles. The molecule has 0 spiro atoms. The number of fused-ring (bicyclic) bond motifs is 3. The highest BCUT2D eigenvalue weighted by atomic mass is 16.5. The lowest BCUT2D eigenvalue weighted by molar-refractivity contribution is 0.128. The molecule has 3 N–H and O–H groups in total. The van der Waals surface area contributed by atoms with Gasteiger partial charge in [0.15, 0.2) is 22.8 Å². The number of hydrogen-bond donors (Lipinski definition) is 2. The summed E-state index contributed by atoms with van der Waals surface area (Å²) in [7, 11) is 0. The van der Waals surface area contributed by atoms with E-state index in [9.17, 15) is 0 Å². The van der Waals surface area contributed by atoms with Crippen molar-refractivity contribution in [3.8, 4) is 11.3 Å². The normalized spacial score (nSPS) is 11.6. The smallest absolute Gasteiger partial charge is 0.195 e. The first-order valence-corrected chi connectivity index (χ1v) is 9.32. The van der Waals surface area contributed by atoms with Gasteiger partial charge in [-0.15, -0.1) is 0 Å². The van der Waals surface area contributed by atoms with E-state index in [1.54, 1.807) is 6.20 Å². The molecule has 140 valence electrons. The third kappa shape index (κ3) is 3.64. The lowest BCUT2D eigenvalue weighted by atomic mass is 10.1. The fourth-order valence-corrected chi connectivity index (χ4v) is 3.08. The molecule has 27 heavy (non-hydrogen) atoms. The summed E-state index contributed by atoms with van der Waals surface area (Å²) in [6.45, 7) is 3.67. The molecule has 4 aromatic rings. The minimum absolute atomic E-state index is 0.383. The van der Waals surface area contributed by atoms with Crippen molar-refractivity contribution in [1.82, 2.24) is 20.2 Å². The maximum absolute atomic E-state index is 6.14. The lowest BCUT2D eigenvalue weighted by Crippen LogP contribution is -1.98. The number of unbranched alkanes of at least 4 members (excludes halogenated alkanes) is 1. The summed E-state index contributed by atoms with van der Waals surface area (Å²) >= 11 is 0. The van der Waals surface area contributed by atoms with E-state index in [-0.39, 0.29) is 0 Å². The molecule has 0 atom stereocenters. The molecule has 0 saturated heterocycles. The number of ether oxygens (including phenoxy) is 1. The molecule has 0 bridgehead atoms. The number of nitrogens with two attached hydrogens (primary N) is 1. The highest BCUT2D eigenvalue weighted by Gasteiger charge is 2.15. The number of H-pyrrole nitrogens is 1. The zero-order chi connectivity index (χ0) is 18.6. The Balaban J connectivity index is 1.58. The van der Waals surface area contributed by atoms with E-state index in [0.29, 0.717) is 35.8 Å². The van der Waals surface area contributed by atoms with Gasteiger partial charge in [-0.3, -0.25) is 5.10 Å². The Morgan fingerprint density at radius 1 is 1.15 bits per heavy atom. The summed E-state index contributed by atoms with van der Waals surface area (Å²) in [6, 6.07) is 7.89. The zero-order valence-corrected chi connectivity index (χ0v) is 15.4. The number of nitrogen functional groups attached to an aromatic ring is 1. The number of benzene rings is 1. The molecule has 0 aliphatic carbocycles. The minimum Gasteiger partial charge on any atom is -0.440 e. The predicted octanol–water partition coefficient (Wildman–Crippen LogP) is 4.10. The maximum Gasteiger partial charge on any atom is 0.195 e. The molecular formula is C20H23N5O2. The van der Waals surface area contributed by atoms with E-state index in [2.05, 4.69) is 27.1 Å². The van der Waals surface area contributed by atoms with E-state index in [1.807, 2.05) is 24.3 Å². The molecule has 4 rings (SSSR count). The average molecular weight is 365 g/mol. The Kier molecular flexibility index (Phi) is 5.02. The van der Waals surface area contributed by atoms with E-state index < -0.39 is 0 Å². The van der Waals surface area contributed by atoms with Crippen molar-refractivity contribution in [2.75, 3.05) is 18.9 Å². The third-order valence-corrected chi connectivity index (χ3v) is 4.53. The molecule has 7 heteroatoms. The highest BCUT2D eigenvalue weighted by molar-refractivity contribution is 6.05. The molecule has 0 unspecified atom stereocenters. The van der Waals surface area contributed by atoms with Crippen molar-refractivity contribution >= 4 is 27.8 Å². The van der Waals surface area contributed by atoms with Crippen LogP contribution in [0.15, 0.2) is 34.9 Å². The first-order chi connectivity index (χ1) is 13.3. The van der Waals surface area contributed by atoms with Crippen LogP contribution in [0.25, 0.3) is 33.3 Å². The van der Waals surface area contributed by atoms with E-state index in [1.165, 1.54) is 0 Å². The van der Waals surface area contributed by atoms with Crippen molar-refractivity contribution in [2.45, 2.75) is 32.6 Å². The number of rotatable bonds is 8. The van der Waals surface area contributed by atoms with Crippen molar-refractivity contribution in [3.63, 3.8) is 0 Å². The number of pyridine rings is 1. The molecule has 0 amide bonds. The largest absolute Gasteiger partial charge is 0.440 e. The Bertz CT molecular complexity index is 1040. The van der Waals surface area contributed by atoms with Gasteiger partial charge in [-0.25, -0.2) is 9.97 Å². The van der Waals surface area contributed by atoms with Gasteiger partial charge in [0.25, 0.3) is 0 Å². The lowest BCUT2D eigenvalue weighted by Gasteiger charge is -2.03. The fourth-order valence-electron chi connectivity index (χ4n) is 3.08. The molecule has 7 nitrogen and oxygen atoms in total. The van der Waals surface area contributed by atoms with Crippen LogP contribution in [0.4, 0.5) is 5.82 Å². The van der Waals surface area contributed by atoms with Crippen LogP contribution >= 0.6 is 0 Å². The number of anilines is 1. The Morgan fingerprint density at radius 2 is 2.04 bits per heavy atom. The van der Waals surface area contributed by atoms with Gasteiger partial charge in [-0.2, -0.15) is 5.10 Å². The van der Waals surface area contributed by atoms with Crippen LogP contribution in [0.2, 0.25) is 0 Å². The number of aromatic amines is 1. The summed E-state index contributed by atoms with van der Waals surface area (Å²) in [5.74, 6) is 1.05. The number of nitrogens with zero attached hydrogens (tertiary/aromatic N) is 3. The molecule has 0 aliphatic heterocycles. The molecule has 0 fully saturated rings. The Hall–Kier alpha value is -2.93. The van der Waals surface area contributed by atoms with Crippen LogP contribution in [0, 0.1) is 0 Å². The van der Waals surface area contributed by atoms with Crippen LogP contribution in [0.5, 0.6) is 0 Å². The summed E-state index contributed by atoms with van der Waals surface area (Å²) in [4.78, 5) is 9.06. The molecule has 0 radical (unpaired) electrons. The summed E-state index contributed by atoms with van der Waals surface area (Å²) < 4.78 is 11.6. The van der Waals surface area contributed by atoms with Crippen molar-refractivity contribution in [1.29, 1.82) is 0 Å². The predicted molar refractivity (Wildman–Crippen MR) is 105 cm³/mol. The van der Waals surface area contributed by atoms with Gasteiger partial charge < -0.3 is 14.9 Å². The molecule has 0 aliphatic rings. The van der Waals surface area contributed by atoms with E-state index >= 15 is 0 Å². The van der Waals surface area contributed by atoms with Gasteiger partial charge in [0.05, 0.1) is 11.2 Å². The first-order valence-electron chi connectivity index (χ1n) is 9.32. The van der Waals surface area contributed by atoms with E-state index in [4.69, 9.17) is 14.9 Å². The van der Waals surface area contributed by atoms with Gasteiger partial charge in [0.1, 0.15) is 0 Å². The van der Waals surface area contributed by atoms with Crippen LogP contribution in [-0.4, -0.2) is 33.4 Å². The molecule has 3 aromatic heterocycles. The standard InChI is InChI=1S/C20H23N5O2/c1-2-3-10-26-11-4-5-17-24-18-19(27-17)14-7-6-13(15-8-9-22-25-15)12-16(14)23-20(18)21/h6-9,12H,2-5,10-11H2,1H3,(H2,21,23)(H,22,25). The van der Waals surface area contributed by atoms with Crippen LogP contribution in [0.1, 0.15) is 32.1 Å². The summed E-state index contributed by atoms with van der Waals surface area (Å²) in [5.41, 5.74) is 10.2. The minimum atomic E-state index is 0.383. The third-order valence-electron chi connectivity index (χ3n) is 4.53. The number of aryl methyl sites for hydroxylation is 1. The quantitative estimate of drug-likeness (QED) is 0.456. The monoisotopic (exact) mass is 365 g/mol. The number of hydrogen-bond acceptors (Lipinski definition) is 6. The molecule has 0 saturated carbocycles. The number of aromatic nitrogens is 4. The van der Waals surface area contributed by atoms with Crippen LogP contribution in [0.3, 0.4) is 0 Å². The zero-order valence-electron chi connectivity index (χ0n) is 15.4. The first kappa shape index (κ1) is 17.5. The van der Waals surface area contributed by atoms with Gasteiger partial charge in [0, 0.05) is 36.8 Å².